The average Bonchev–Trinajstić information content (AvgIpc) is 1.30. The Hall–Kier alpha value is -7.58. The number of ether oxygens (including phenoxy) is 8. The van der Waals surface area contributed by atoms with Gasteiger partial charge in [-0.2, -0.15) is 0 Å². The normalized spacial score (nSPS) is 16.0. The molecule has 30 heteroatoms. The highest BCUT2D eigenvalue weighted by Crippen LogP contribution is 2.31. The van der Waals surface area contributed by atoms with Crippen LogP contribution in [-0.4, -0.2) is 248 Å². The standard InChI is InChI=1S/C77H129N11O19/c1-16-18-22-35-79-62(89)33-38-102-40-42-104-44-46-106-47-45-105-43-41-103-39-34-63(90)84-65(50(3)4)73(95)83-59(27-23-36-80-76(78)98)72(94)82-58-31-29-56(30-32-58)49-107-77(99)87(13)67(52(7)8)74(96)85-66(51(5)6)75(97)86(12)68(53(9)17-2)61(100-14)48-64(91)88-37-24-28-60(88)70(101-15)54(10)71(93)81-55(11)69(92)57-25-20-19-21-26-57/h19-21,25-26,29-32,50-55,59-61,65-70,92H,16-18,22-24,27-28,33-49H2,1-15H3,(H,79,89)(H,81,93)(H,82,94)(H,83,95)(H,84,90)(H,85,96)(H3,78,80,98)/t53-,54+,55+,59-,60-,61+,65-,66-,67-,68-,69+,70+/m0/s1. The first-order valence-electron chi connectivity index (χ1n) is 38.1. The molecule has 1 aliphatic heterocycles. The second-order valence-electron chi connectivity index (χ2n) is 28.4. The van der Waals surface area contributed by atoms with Crippen LogP contribution in [0.15, 0.2) is 54.6 Å². The number of nitrogens with two attached hydrogens (primary N) is 1. The number of benzene rings is 2. The van der Waals surface area contributed by atoms with Gasteiger partial charge >= 0.3 is 12.1 Å². The van der Waals surface area contributed by atoms with Crippen LogP contribution in [0.5, 0.6) is 0 Å². The fourth-order valence-corrected chi connectivity index (χ4v) is 12.7. The second-order valence-corrected chi connectivity index (χ2v) is 28.4. The molecule has 1 aliphatic rings. The Balaban J connectivity index is 1.55. The van der Waals surface area contributed by atoms with E-state index in [-0.39, 0.29) is 88.2 Å². The second kappa shape index (κ2) is 51.7. The Bertz CT molecular complexity index is 2970. The highest BCUT2D eigenvalue weighted by atomic mass is 16.6. The number of nitrogens with zero attached hydrogens (tertiary/aromatic N) is 3. The number of urea groups is 1. The zero-order chi connectivity index (χ0) is 79.5. The lowest BCUT2D eigenvalue weighted by molar-refractivity contribution is -0.148. The minimum atomic E-state index is -1.12. The number of nitrogens with one attached hydrogen (secondary N) is 7. The Morgan fingerprint density at radius 3 is 1.71 bits per heavy atom. The molecule has 10 N–H and O–H groups in total. The van der Waals surface area contributed by atoms with Crippen LogP contribution < -0.4 is 43.0 Å². The average molecular weight is 1510 g/mol. The number of rotatable bonds is 54. The quantitative estimate of drug-likeness (QED) is 0.0355. The van der Waals surface area contributed by atoms with Gasteiger partial charge in [0.05, 0.1) is 115 Å². The Morgan fingerprint density at radius 1 is 0.607 bits per heavy atom. The van der Waals surface area contributed by atoms with Gasteiger partial charge in [0.15, 0.2) is 0 Å². The first-order valence-corrected chi connectivity index (χ1v) is 38.1. The van der Waals surface area contributed by atoms with Crippen LogP contribution in [0.2, 0.25) is 0 Å². The lowest BCUT2D eigenvalue weighted by atomic mass is 9.89. The number of likely N-dealkylation sites (tertiary alicyclic amines) is 1. The third kappa shape index (κ3) is 33.8. The molecule has 606 valence electrons. The molecule has 0 unspecified atom stereocenters. The monoisotopic (exact) mass is 1510 g/mol. The maximum absolute atomic E-state index is 14.8. The number of amides is 11. The summed E-state index contributed by atoms with van der Waals surface area (Å²) in [6.45, 7) is 24.3. The molecule has 0 aromatic heterocycles. The van der Waals surface area contributed by atoms with Crippen LogP contribution in [-0.2, 0) is 82.9 Å². The zero-order valence-electron chi connectivity index (χ0n) is 66.2. The van der Waals surface area contributed by atoms with Crippen LogP contribution in [0.4, 0.5) is 15.3 Å². The van der Waals surface area contributed by atoms with Crippen molar-refractivity contribution in [1.29, 1.82) is 0 Å². The van der Waals surface area contributed by atoms with Gasteiger partial charge in [0, 0.05) is 66.5 Å². The van der Waals surface area contributed by atoms with E-state index in [4.69, 9.17) is 43.6 Å². The first-order chi connectivity index (χ1) is 51.0. The molecular weight excluding hydrogens is 1380 g/mol. The number of hydrogen-bond donors (Lipinski definition) is 9. The van der Waals surface area contributed by atoms with Crippen LogP contribution >= 0.6 is 0 Å². The maximum atomic E-state index is 14.8. The Morgan fingerprint density at radius 2 is 1.18 bits per heavy atom. The van der Waals surface area contributed by atoms with Crippen molar-refractivity contribution in [2.75, 3.05) is 119 Å². The van der Waals surface area contributed by atoms with Gasteiger partial charge in [-0.25, -0.2) is 9.59 Å². The fraction of sp³-hybridized carbons (Fsp3) is 0.714. The van der Waals surface area contributed by atoms with Gasteiger partial charge in [-0.05, 0) is 86.0 Å². The highest BCUT2D eigenvalue weighted by molar-refractivity contribution is 5.98. The van der Waals surface area contributed by atoms with E-state index in [1.807, 2.05) is 32.0 Å². The number of aliphatic hydroxyl groups is 1. The molecule has 0 aliphatic carbocycles. The number of aliphatic hydroxyl groups excluding tert-OH is 1. The molecule has 12 atom stereocenters. The van der Waals surface area contributed by atoms with Crippen molar-refractivity contribution in [2.45, 2.75) is 214 Å². The van der Waals surface area contributed by atoms with Gasteiger partial charge in [0.1, 0.15) is 30.8 Å². The van der Waals surface area contributed by atoms with Gasteiger partial charge in [0.2, 0.25) is 47.3 Å². The summed E-state index contributed by atoms with van der Waals surface area (Å²) in [7, 11) is 6.09. The van der Waals surface area contributed by atoms with Crippen LogP contribution in [0.3, 0.4) is 0 Å². The maximum Gasteiger partial charge on any atom is 0.410 e. The predicted octanol–water partition coefficient (Wildman–Crippen LogP) is 5.76. The van der Waals surface area contributed by atoms with E-state index in [9.17, 15) is 53.1 Å². The molecule has 11 amide bonds. The molecule has 0 spiro atoms. The summed E-state index contributed by atoms with van der Waals surface area (Å²) in [5.41, 5.74) is 6.80. The van der Waals surface area contributed by atoms with Crippen molar-refractivity contribution in [1.82, 2.24) is 46.6 Å². The molecular formula is C77H129N11O19. The summed E-state index contributed by atoms with van der Waals surface area (Å²) in [4.78, 5) is 140. The molecule has 1 saturated heterocycles. The van der Waals surface area contributed by atoms with Gasteiger partial charge in [-0.15, -0.1) is 0 Å². The molecule has 1 heterocycles. The smallest absolute Gasteiger partial charge is 0.410 e. The summed E-state index contributed by atoms with van der Waals surface area (Å²) in [6.07, 6.45) is 2.34. The largest absolute Gasteiger partial charge is 0.445 e. The van der Waals surface area contributed by atoms with Gasteiger partial charge in [-0.3, -0.25) is 43.3 Å². The summed E-state index contributed by atoms with van der Waals surface area (Å²) < 4.78 is 45.4. The molecule has 0 saturated carbocycles. The minimum absolute atomic E-state index is 0.0178. The fourth-order valence-electron chi connectivity index (χ4n) is 12.7. The number of methoxy groups -OCH3 is 2. The molecule has 1 fully saturated rings. The minimum Gasteiger partial charge on any atom is -0.445 e. The van der Waals surface area contributed by atoms with Crippen LogP contribution in [0.25, 0.3) is 0 Å². The van der Waals surface area contributed by atoms with Crippen molar-refractivity contribution in [2.24, 2.45) is 35.3 Å². The number of likely N-dealkylation sites (N-methyl/N-ethyl adjacent to an activating group) is 2. The molecule has 2 aromatic carbocycles. The number of anilines is 1. The van der Waals surface area contributed by atoms with Gasteiger partial charge in [-0.1, -0.05) is 131 Å². The van der Waals surface area contributed by atoms with E-state index >= 15 is 0 Å². The summed E-state index contributed by atoms with van der Waals surface area (Å²) in [6, 6.07) is 8.74. The van der Waals surface area contributed by atoms with Crippen LogP contribution in [0, 0.1) is 29.6 Å². The topological polar surface area (TPSA) is 385 Å². The number of carbonyl (C=O) groups is 10. The number of unbranched alkanes of at least 4 members (excludes halogenated alkanes) is 2. The van der Waals surface area contributed by atoms with Crippen molar-refractivity contribution < 1.29 is 90.9 Å². The van der Waals surface area contributed by atoms with E-state index < -0.39 is 120 Å². The lowest BCUT2D eigenvalue weighted by Gasteiger charge is -2.41. The Kier molecular flexibility index (Phi) is 45.2. The molecule has 30 nitrogen and oxygen atoms in total. The summed E-state index contributed by atoms with van der Waals surface area (Å²) in [5.74, 6) is -5.37. The number of primary amides is 1. The molecule has 3 rings (SSSR count). The molecule has 0 radical (unpaired) electrons. The van der Waals surface area contributed by atoms with E-state index in [2.05, 4.69) is 44.1 Å². The van der Waals surface area contributed by atoms with E-state index in [1.54, 1.807) is 109 Å². The number of hydrogen-bond acceptors (Lipinski definition) is 19. The molecule has 0 bridgehead atoms. The van der Waals surface area contributed by atoms with Crippen LogP contribution in [0.1, 0.15) is 164 Å². The predicted molar refractivity (Wildman–Crippen MR) is 405 cm³/mol. The molecule has 107 heavy (non-hydrogen) atoms. The van der Waals surface area contributed by atoms with Crippen molar-refractivity contribution in [3.8, 4) is 0 Å². The third-order valence-electron chi connectivity index (χ3n) is 19.1. The molecule has 2 aromatic rings. The first kappa shape index (κ1) is 93.6. The SMILES string of the molecule is CCCCCNC(=O)CCOCCOCCOCCOCCOCCC(=O)N[C@H](C(=O)N[C@@H](CCCNC(N)=O)C(=O)Nc1ccc(COC(=O)N(C)[C@H](C(=O)N[C@H](C(=O)N(C)[C@@H]([C@@H](C)CC)[C@@H](CC(=O)N2CCC[C@H]2[C@H](OC)[C@@H](C)C(=O)N[C@H](C)[C@@H](O)c2ccccc2)OC)C(C)C)C(C)C)cc1)C(C)C. The van der Waals surface area contributed by atoms with E-state index in [0.29, 0.717) is 102 Å². The van der Waals surface area contributed by atoms with E-state index in [1.165, 1.54) is 26.2 Å². The Labute approximate surface area is 634 Å². The van der Waals surface area contributed by atoms with Gasteiger partial charge < -0.3 is 95.8 Å². The van der Waals surface area contributed by atoms with Crippen molar-refractivity contribution >= 4 is 65.1 Å². The highest BCUT2D eigenvalue weighted by Gasteiger charge is 2.44. The van der Waals surface area contributed by atoms with Gasteiger partial charge in [0.25, 0.3) is 0 Å². The zero-order valence-corrected chi connectivity index (χ0v) is 66.2. The summed E-state index contributed by atoms with van der Waals surface area (Å²) in [5, 5.41) is 30.5. The number of carbonyl (C=O) groups excluding carboxylic acids is 10. The van der Waals surface area contributed by atoms with E-state index in [0.717, 1.165) is 19.3 Å². The van der Waals surface area contributed by atoms with Crippen molar-refractivity contribution in [3.63, 3.8) is 0 Å². The third-order valence-corrected chi connectivity index (χ3v) is 19.1. The summed E-state index contributed by atoms with van der Waals surface area (Å²) >= 11 is 0. The lowest BCUT2D eigenvalue weighted by Crippen LogP contribution is -2.60. The van der Waals surface area contributed by atoms with Crippen molar-refractivity contribution in [3.05, 3.63) is 65.7 Å².